The SMILES string of the molecule is CC(C)N(CC1CCN(C(=O)CCl)CC1)C(=O)OCc1ccccc1. The molecule has 1 aliphatic heterocycles. The zero-order valence-electron chi connectivity index (χ0n) is 15.0. The second kappa shape index (κ2) is 9.66. The first-order chi connectivity index (χ1) is 12.0. The maximum Gasteiger partial charge on any atom is 0.410 e. The van der Waals surface area contributed by atoms with Crippen LogP contribution in [0.3, 0.4) is 0 Å². The summed E-state index contributed by atoms with van der Waals surface area (Å²) in [5.74, 6) is 0.406. The number of benzene rings is 1. The summed E-state index contributed by atoms with van der Waals surface area (Å²) in [5, 5.41) is 0. The average molecular weight is 367 g/mol. The van der Waals surface area contributed by atoms with Crippen molar-refractivity contribution >= 4 is 23.6 Å². The normalized spacial score (nSPS) is 15.3. The minimum atomic E-state index is -0.280. The summed E-state index contributed by atoms with van der Waals surface area (Å²) < 4.78 is 5.47. The topological polar surface area (TPSA) is 49.9 Å². The molecule has 0 atom stereocenters. The second-order valence-corrected chi connectivity index (χ2v) is 7.01. The fourth-order valence-corrected chi connectivity index (χ4v) is 3.20. The molecule has 0 unspecified atom stereocenters. The Labute approximate surface area is 154 Å². The van der Waals surface area contributed by atoms with Crippen molar-refractivity contribution in [2.45, 2.75) is 39.3 Å². The van der Waals surface area contributed by atoms with Gasteiger partial charge in [-0.15, -0.1) is 11.6 Å². The van der Waals surface area contributed by atoms with E-state index in [9.17, 15) is 9.59 Å². The lowest BCUT2D eigenvalue weighted by atomic mass is 9.96. The van der Waals surface area contributed by atoms with Crippen molar-refractivity contribution in [3.05, 3.63) is 35.9 Å². The number of amides is 2. The van der Waals surface area contributed by atoms with Gasteiger partial charge in [0.25, 0.3) is 0 Å². The van der Waals surface area contributed by atoms with Crippen LogP contribution in [0.2, 0.25) is 0 Å². The number of carbonyl (C=O) groups excluding carboxylic acids is 2. The van der Waals surface area contributed by atoms with E-state index in [2.05, 4.69) is 0 Å². The quantitative estimate of drug-likeness (QED) is 0.724. The molecule has 1 aromatic rings. The number of piperidine rings is 1. The summed E-state index contributed by atoms with van der Waals surface area (Å²) in [6, 6.07) is 9.75. The van der Waals surface area contributed by atoms with Gasteiger partial charge in [-0.05, 0) is 38.2 Å². The smallest absolute Gasteiger partial charge is 0.410 e. The summed E-state index contributed by atoms with van der Waals surface area (Å²) >= 11 is 5.61. The van der Waals surface area contributed by atoms with Crippen LogP contribution in [0.4, 0.5) is 4.79 Å². The van der Waals surface area contributed by atoms with Gasteiger partial charge in [-0.1, -0.05) is 30.3 Å². The number of alkyl halides is 1. The molecule has 1 aromatic carbocycles. The van der Waals surface area contributed by atoms with E-state index in [4.69, 9.17) is 16.3 Å². The van der Waals surface area contributed by atoms with E-state index in [0.717, 1.165) is 18.4 Å². The maximum absolute atomic E-state index is 12.5. The van der Waals surface area contributed by atoms with Crippen LogP contribution in [0.15, 0.2) is 30.3 Å². The van der Waals surface area contributed by atoms with Crippen molar-refractivity contribution in [1.82, 2.24) is 9.80 Å². The molecule has 1 heterocycles. The Hall–Kier alpha value is -1.75. The van der Waals surface area contributed by atoms with Crippen LogP contribution in [0.1, 0.15) is 32.3 Å². The predicted octanol–water partition coefficient (Wildman–Crippen LogP) is 3.51. The molecule has 2 rings (SSSR count). The van der Waals surface area contributed by atoms with Crippen LogP contribution in [0.5, 0.6) is 0 Å². The maximum atomic E-state index is 12.5. The molecule has 1 aliphatic rings. The molecule has 0 aliphatic carbocycles. The number of ether oxygens (including phenoxy) is 1. The van der Waals surface area contributed by atoms with Crippen molar-refractivity contribution in [3.63, 3.8) is 0 Å². The van der Waals surface area contributed by atoms with Crippen molar-refractivity contribution in [2.24, 2.45) is 5.92 Å². The lowest BCUT2D eigenvalue weighted by Gasteiger charge is -2.35. The summed E-state index contributed by atoms with van der Waals surface area (Å²) in [4.78, 5) is 27.7. The molecule has 0 spiro atoms. The van der Waals surface area contributed by atoms with Crippen molar-refractivity contribution < 1.29 is 14.3 Å². The summed E-state index contributed by atoms with van der Waals surface area (Å²) in [6.45, 7) is 6.36. The van der Waals surface area contributed by atoms with Crippen LogP contribution >= 0.6 is 11.6 Å². The Balaban J connectivity index is 1.84. The molecule has 2 amide bonds. The number of likely N-dealkylation sites (tertiary alicyclic amines) is 1. The third-order valence-corrected chi connectivity index (χ3v) is 4.83. The first-order valence-electron chi connectivity index (χ1n) is 8.82. The van der Waals surface area contributed by atoms with Crippen molar-refractivity contribution in [1.29, 1.82) is 0 Å². The first-order valence-corrected chi connectivity index (χ1v) is 9.35. The van der Waals surface area contributed by atoms with E-state index in [1.807, 2.05) is 44.2 Å². The van der Waals surface area contributed by atoms with E-state index < -0.39 is 0 Å². The molecule has 0 aromatic heterocycles. The molecule has 0 radical (unpaired) electrons. The lowest BCUT2D eigenvalue weighted by Crippen LogP contribution is -2.45. The van der Waals surface area contributed by atoms with E-state index in [1.54, 1.807) is 9.80 Å². The Morgan fingerprint density at radius 1 is 1.24 bits per heavy atom. The molecule has 5 nitrogen and oxygen atoms in total. The predicted molar refractivity (Wildman–Crippen MR) is 98.5 cm³/mol. The van der Waals surface area contributed by atoms with Gasteiger partial charge in [0.05, 0.1) is 0 Å². The lowest BCUT2D eigenvalue weighted by molar-refractivity contribution is -0.129. The number of carbonyl (C=O) groups is 2. The Morgan fingerprint density at radius 2 is 1.88 bits per heavy atom. The second-order valence-electron chi connectivity index (χ2n) is 6.74. The Kier molecular flexibility index (Phi) is 7.56. The van der Waals surface area contributed by atoms with Gasteiger partial charge >= 0.3 is 6.09 Å². The molecular formula is C19H27ClN2O3. The number of hydrogen-bond donors (Lipinski definition) is 0. The highest BCUT2D eigenvalue weighted by Crippen LogP contribution is 2.20. The number of halogens is 1. The molecule has 0 N–H and O–H groups in total. The minimum absolute atomic E-state index is 0.0110. The van der Waals surface area contributed by atoms with E-state index in [0.29, 0.717) is 25.6 Å². The van der Waals surface area contributed by atoms with Crippen LogP contribution in [0.25, 0.3) is 0 Å². The highest BCUT2D eigenvalue weighted by molar-refractivity contribution is 6.27. The largest absolute Gasteiger partial charge is 0.445 e. The minimum Gasteiger partial charge on any atom is -0.445 e. The number of nitrogens with zero attached hydrogens (tertiary/aromatic N) is 2. The molecule has 1 saturated heterocycles. The van der Waals surface area contributed by atoms with Gasteiger partial charge in [-0.25, -0.2) is 4.79 Å². The van der Waals surface area contributed by atoms with Gasteiger partial charge in [0, 0.05) is 25.7 Å². The Bertz CT molecular complexity index is 557. The number of hydrogen-bond acceptors (Lipinski definition) is 3. The highest BCUT2D eigenvalue weighted by Gasteiger charge is 2.27. The zero-order valence-corrected chi connectivity index (χ0v) is 15.7. The molecule has 0 bridgehead atoms. The molecule has 0 saturated carbocycles. The van der Waals surface area contributed by atoms with Crippen molar-refractivity contribution in [3.8, 4) is 0 Å². The Morgan fingerprint density at radius 3 is 2.44 bits per heavy atom. The fourth-order valence-electron chi connectivity index (χ4n) is 3.03. The van der Waals surface area contributed by atoms with Gasteiger partial charge < -0.3 is 14.5 Å². The third-order valence-electron chi connectivity index (χ3n) is 4.60. The molecular weight excluding hydrogens is 340 g/mol. The molecule has 6 heteroatoms. The average Bonchev–Trinajstić information content (AvgIpc) is 2.64. The summed E-state index contributed by atoms with van der Waals surface area (Å²) in [5.41, 5.74) is 0.979. The van der Waals surface area contributed by atoms with Gasteiger partial charge in [0.1, 0.15) is 12.5 Å². The highest BCUT2D eigenvalue weighted by atomic mass is 35.5. The monoisotopic (exact) mass is 366 g/mol. The van der Waals surface area contributed by atoms with E-state index in [1.165, 1.54) is 0 Å². The first kappa shape index (κ1) is 19.6. The van der Waals surface area contributed by atoms with Crippen LogP contribution in [0, 0.1) is 5.92 Å². The van der Waals surface area contributed by atoms with Crippen LogP contribution in [-0.2, 0) is 16.1 Å². The fraction of sp³-hybridized carbons (Fsp3) is 0.579. The summed E-state index contributed by atoms with van der Waals surface area (Å²) in [6.07, 6.45) is 1.49. The number of rotatable bonds is 6. The zero-order chi connectivity index (χ0) is 18.2. The summed E-state index contributed by atoms with van der Waals surface area (Å²) in [7, 11) is 0. The van der Waals surface area contributed by atoms with Gasteiger partial charge in [-0.2, -0.15) is 0 Å². The molecule has 138 valence electrons. The van der Waals surface area contributed by atoms with Gasteiger partial charge in [-0.3, -0.25) is 4.79 Å². The third kappa shape index (κ3) is 5.92. The van der Waals surface area contributed by atoms with E-state index in [-0.39, 0.29) is 30.5 Å². The van der Waals surface area contributed by atoms with Crippen LogP contribution < -0.4 is 0 Å². The molecule has 25 heavy (non-hydrogen) atoms. The van der Waals surface area contributed by atoms with E-state index >= 15 is 0 Å². The van der Waals surface area contributed by atoms with Crippen LogP contribution in [-0.4, -0.2) is 53.4 Å². The van der Waals surface area contributed by atoms with Gasteiger partial charge in [0.2, 0.25) is 5.91 Å². The molecule has 1 fully saturated rings. The van der Waals surface area contributed by atoms with Gasteiger partial charge in [0.15, 0.2) is 0 Å². The van der Waals surface area contributed by atoms with Crippen molar-refractivity contribution in [2.75, 3.05) is 25.5 Å². The standard InChI is InChI=1S/C19H27ClN2O3/c1-15(2)22(19(24)25-14-17-6-4-3-5-7-17)13-16-8-10-21(11-9-16)18(23)12-20/h3-7,15-16H,8-14H2,1-2H3.